The number of anilines is 1. The molecule has 0 atom stereocenters. The van der Waals surface area contributed by atoms with Gasteiger partial charge in [-0.25, -0.2) is 4.79 Å². The second-order valence-electron chi connectivity index (χ2n) is 3.73. The van der Waals surface area contributed by atoms with Crippen molar-refractivity contribution in [3.63, 3.8) is 0 Å². The van der Waals surface area contributed by atoms with Crippen molar-refractivity contribution in [2.75, 3.05) is 5.32 Å². The smallest absolute Gasteiger partial charge is 0.345 e. The van der Waals surface area contributed by atoms with Crippen molar-refractivity contribution in [1.82, 2.24) is 9.78 Å². The molecule has 2 rings (SSSR count). The summed E-state index contributed by atoms with van der Waals surface area (Å²) in [6, 6.07) is 3.02. The predicted molar refractivity (Wildman–Crippen MR) is 67.2 cm³/mol. The Labute approximate surface area is 107 Å². The van der Waals surface area contributed by atoms with E-state index in [0.717, 1.165) is 11.3 Å². The van der Waals surface area contributed by atoms with Crippen molar-refractivity contribution in [3.05, 3.63) is 34.5 Å². The first-order valence-corrected chi connectivity index (χ1v) is 5.93. The third-order valence-corrected chi connectivity index (χ3v) is 3.30. The van der Waals surface area contributed by atoms with Gasteiger partial charge in [0.25, 0.3) is 5.91 Å². The molecule has 0 fully saturated rings. The van der Waals surface area contributed by atoms with E-state index in [1.165, 1.54) is 6.07 Å². The van der Waals surface area contributed by atoms with Crippen LogP contribution >= 0.6 is 11.3 Å². The maximum absolute atomic E-state index is 11.9. The molecule has 2 N–H and O–H groups in total. The molecular weight excluding hydrogens is 254 g/mol. The van der Waals surface area contributed by atoms with Crippen molar-refractivity contribution in [3.8, 4) is 0 Å². The zero-order valence-electron chi connectivity index (χ0n) is 9.80. The number of hydrogen-bond donors (Lipinski definition) is 2. The minimum Gasteiger partial charge on any atom is -0.477 e. The molecule has 6 nitrogen and oxygen atoms in total. The van der Waals surface area contributed by atoms with Crippen molar-refractivity contribution in [2.45, 2.75) is 6.92 Å². The summed E-state index contributed by atoms with van der Waals surface area (Å²) in [7, 11) is 1.73. The number of aromatic carboxylic acids is 1. The highest BCUT2D eigenvalue weighted by Gasteiger charge is 2.14. The molecule has 0 radical (unpaired) electrons. The molecule has 94 valence electrons. The summed E-state index contributed by atoms with van der Waals surface area (Å²) in [5, 5.41) is 16.0. The summed E-state index contributed by atoms with van der Waals surface area (Å²) in [6.45, 7) is 1.74. The second kappa shape index (κ2) is 4.61. The molecule has 0 unspecified atom stereocenters. The quantitative estimate of drug-likeness (QED) is 0.885. The van der Waals surface area contributed by atoms with Crippen molar-refractivity contribution < 1.29 is 14.7 Å². The Bertz CT molecular complexity index is 615. The Hall–Kier alpha value is -2.15. The summed E-state index contributed by atoms with van der Waals surface area (Å²) >= 11 is 1.02. The van der Waals surface area contributed by atoms with Crippen LogP contribution < -0.4 is 5.32 Å². The first kappa shape index (κ1) is 12.3. The van der Waals surface area contributed by atoms with Crippen molar-refractivity contribution in [2.24, 2.45) is 7.05 Å². The van der Waals surface area contributed by atoms with Crippen LogP contribution in [0.2, 0.25) is 0 Å². The monoisotopic (exact) mass is 265 g/mol. The van der Waals surface area contributed by atoms with E-state index in [1.807, 2.05) is 0 Å². The maximum atomic E-state index is 11.9. The van der Waals surface area contributed by atoms with Gasteiger partial charge in [0.2, 0.25) is 0 Å². The fourth-order valence-corrected chi connectivity index (χ4v) is 2.26. The van der Waals surface area contributed by atoms with Gasteiger partial charge in [-0.05, 0) is 19.1 Å². The van der Waals surface area contributed by atoms with E-state index in [4.69, 9.17) is 5.11 Å². The molecule has 0 aliphatic carbocycles. The Morgan fingerprint density at radius 1 is 1.44 bits per heavy atom. The highest BCUT2D eigenvalue weighted by molar-refractivity contribution is 7.18. The minimum absolute atomic E-state index is 0.188. The molecule has 1 amide bonds. The third kappa shape index (κ3) is 2.40. The lowest BCUT2D eigenvalue weighted by molar-refractivity contribution is 0.0702. The summed E-state index contributed by atoms with van der Waals surface area (Å²) < 4.78 is 1.56. The zero-order chi connectivity index (χ0) is 13.3. The maximum Gasteiger partial charge on any atom is 0.345 e. The molecule has 0 spiro atoms. The van der Waals surface area contributed by atoms with Gasteiger partial charge in [0.1, 0.15) is 4.88 Å². The number of carboxylic acids is 1. The topological polar surface area (TPSA) is 84.2 Å². The summed E-state index contributed by atoms with van der Waals surface area (Å²) in [6.07, 6.45) is 1.62. The molecule has 0 aliphatic heterocycles. The lowest BCUT2D eigenvalue weighted by Crippen LogP contribution is -2.11. The molecule has 0 bridgehead atoms. The van der Waals surface area contributed by atoms with Gasteiger partial charge >= 0.3 is 5.97 Å². The average molecular weight is 265 g/mol. The highest BCUT2D eigenvalue weighted by Crippen LogP contribution is 2.22. The molecule has 2 heterocycles. The van der Waals surface area contributed by atoms with E-state index in [9.17, 15) is 9.59 Å². The number of carbonyl (C=O) groups excluding carboxylic acids is 1. The summed E-state index contributed by atoms with van der Waals surface area (Å²) in [5.74, 6) is -1.29. The van der Waals surface area contributed by atoms with E-state index in [-0.39, 0.29) is 10.8 Å². The van der Waals surface area contributed by atoms with Gasteiger partial charge in [-0.3, -0.25) is 9.48 Å². The summed E-state index contributed by atoms with van der Waals surface area (Å²) in [4.78, 5) is 22.8. The lowest BCUT2D eigenvalue weighted by atomic mass is 10.2. The minimum atomic E-state index is -1.00. The zero-order valence-corrected chi connectivity index (χ0v) is 10.6. The third-order valence-electron chi connectivity index (χ3n) is 2.31. The van der Waals surface area contributed by atoms with Gasteiger partial charge in [0.15, 0.2) is 0 Å². The van der Waals surface area contributed by atoms with E-state index < -0.39 is 5.97 Å². The Kier molecular flexibility index (Phi) is 3.15. The average Bonchev–Trinajstić information content (AvgIpc) is 2.85. The normalized spacial score (nSPS) is 10.3. The van der Waals surface area contributed by atoms with Gasteiger partial charge in [-0.15, -0.1) is 11.3 Å². The van der Waals surface area contributed by atoms with Crippen LogP contribution in [0.4, 0.5) is 5.00 Å². The molecule has 2 aromatic heterocycles. The van der Waals surface area contributed by atoms with Crippen LogP contribution in [-0.4, -0.2) is 26.8 Å². The Morgan fingerprint density at radius 3 is 2.67 bits per heavy atom. The number of thiophene rings is 1. The standard InChI is InChI=1S/C11H11N3O3S/c1-6-7(5-14(2)13-6)10(15)12-9-4-3-8(18-9)11(16)17/h3-5H,1-2H3,(H,12,15)(H,16,17). The molecule has 2 aromatic rings. The van der Waals surface area contributed by atoms with Crippen molar-refractivity contribution >= 4 is 28.2 Å². The van der Waals surface area contributed by atoms with Crippen molar-refractivity contribution in [1.29, 1.82) is 0 Å². The summed E-state index contributed by atoms with van der Waals surface area (Å²) in [5.41, 5.74) is 1.10. The fraction of sp³-hybridized carbons (Fsp3) is 0.182. The SMILES string of the molecule is Cc1nn(C)cc1C(=O)Nc1ccc(C(=O)O)s1. The number of carboxylic acid groups (broad SMARTS) is 1. The molecule has 0 saturated carbocycles. The number of hydrogen-bond acceptors (Lipinski definition) is 4. The molecule has 7 heteroatoms. The largest absolute Gasteiger partial charge is 0.477 e. The molecular formula is C11H11N3O3S. The number of nitrogens with one attached hydrogen (secondary N) is 1. The Balaban J connectivity index is 2.16. The van der Waals surface area contributed by atoms with Gasteiger partial charge in [-0.2, -0.15) is 5.10 Å². The first-order chi connectivity index (χ1) is 8.47. The molecule has 0 saturated heterocycles. The van der Waals surface area contributed by atoms with Crippen LogP contribution in [0, 0.1) is 6.92 Å². The van der Waals surface area contributed by atoms with Gasteiger partial charge in [0.05, 0.1) is 16.3 Å². The highest BCUT2D eigenvalue weighted by atomic mass is 32.1. The fourth-order valence-electron chi connectivity index (χ4n) is 1.52. The Morgan fingerprint density at radius 2 is 2.17 bits per heavy atom. The van der Waals surface area contributed by atoms with Crippen LogP contribution in [0.15, 0.2) is 18.3 Å². The number of carbonyl (C=O) groups is 2. The van der Waals surface area contributed by atoms with E-state index in [2.05, 4.69) is 10.4 Å². The molecule has 0 aromatic carbocycles. The van der Waals surface area contributed by atoms with Crippen LogP contribution in [0.5, 0.6) is 0 Å². The number of nitrogens with zero attached hydrogens (tertiary/aromatic N) is 2. The van der Waals surface area contributed by atoms with Gasteiger partial charge < -0.3 is 10.4 Å². The molecule has 0 aliphatic rings. The van der Waals surface area contributed by atoms with Gasteiger partial charge in [0, 0.05) is 13.2 Å². The van der Waals surface area contributed by atoms with Crippen LogP contribution in [0.25, 0.3) is 0 Å². The number of aromatic nitrogens is 2. The van der Waals surface area contributed by atoms with E-state index >= 15 is 0 Å². The molecule has 18 heavy (non-hydrogen) atoms. The van der Waals surface area contributed by atoms with Gasteiger partial charge in [-0.1, -0.05) is 0 Å². The predicted octanol–water partition coefficient (Wildman–Crippen LogP) is 1.74. The number of aryl methyl sites for hydroxylation is 2. The lowest BCUT2D eigenvalue weighted by Gasteiger charge is -1.99. The number of rotatable bonds is 3. The first-order valence-electron chi connectivity index (χ1n) is 5.12. The van der Waals surface area contributed by atoms with Crippen LogP contribution in [-0.2, 0) is 7.05 Å². The van der Waals surface area contributed by atoms with Crippen LogP contribution in [0.3, 0.4) is 0 Å². The van der Waals surface area contributed by atoms with E-state index in [1.54, 1.807) is 30.9 Å². The second-order valence-corrected chi connectivity index (χ2v) is 4.81. The van der Waals surface area contributed by atoms with Crippen LogP contribution in [0.1, 0.15) is 25.7 Å². The number of amides is 1. The van der Waals surface area contributed by atoms with E-state index in [0.29, 0.717) is 16.3 Å².